The molecule has 3 aromatic rings. The van der Waals surface area contributed by atoms with E-state index in [0.29, 0.717) is 18.8 Å². The number of hydrogen-bond donors (Lipinski definition) is 0. The van der Waals surface area contributed by atoms with Crippen molar-refractivity contribution in [1.82, 2.24) is 4.90 Å². The molecule has 1 atom stereocenters. The molecule has 6 heteroatoms. The summed E-state index contributed by atoms with van der Waals surface area (Å²) in [4.78, 5) is 14.5. The number of carbonyl (C=O) groups is 1. The van der Waals surface area contributed by atoms with E-state index in [1.165, 1.54) is 11.1 Å². The summed E-state index contributed by atoms with van der Waals surface area (Å²) in [5.41, 5.74) is 7.10. The maximum atomic E-state index is 12.0. The van der Waals surface area contributed by atoms with Crippen molar-refractivity contribution in [3.63, 3.8) is 0 Å². The molecule has 0 N–H and O–H groups in total. The zero-order valence-corrected chi connectivity index (χ0v) is 20.8. The average Bonchev–Trinajstić information content (AvgIpc) is 3.48. The Labute approximate surface area is 211 Å². The van der Waals surface area contributed by atoms with Gasteiger partial charge in [-0.3, -0.25) is 9.69 Å². The molecular formula is C30H29NO5. The van der Waals surface area contributed by atoms with Crippen LogP contribution in [0.4, 0.5) is 0 Å². The Morgan fingerprint density at radius 3 is 2.19 bits per heavy atom. The SMILES string of the molecule is COc1ccc(C2=C(c3ccc(C(C)=O)cc3)c3cc4c(cc3C2(C)N2CCOCC2)OCO4)cc1. The number of ketones is 1. The molecule has 0 amide bonds. The van der Waals surface area contributed by atoms with Crippen LogP contribution in [0.1, 0.15) is 46.5 Å². The fraction of sp³-hybridized carbons (Fsp3) is 0.300. The molecule has 1 fully saturated rings. The molecule has 0 bridgehead atoms. The van der Waals surface area contributed by atoms with Crippen LogP contribution < -0.4 is 14.2 Å². The van der Waals surface area contributed by atoms with E-state index in [1.54, 1.807) is 14.0 Å². The van der Waals surface area contributed by atoms with Crippen LogP contribution in [0, 0.1) is 0 Å². The lowest BCUT2D eigenvalue weighted by Gasteiger charge is -2.43. The number of methoxy groups -OCH3 is 1. The number of hydrogen-bond acceptors (Lipinski definition) is 6. The van der Waals surface area contributed by atoms with Gasteiger partial charge in [0.15, 0.2) is 17.3 Å². The Kier molecular flexibility index (Phi) is 5.58. The maximum absolute atomic E-state index is 12.0. The predicted octanol–water partition coefficient (Wildman–Crippen LogP) is 5.15. The van der Waals surface area contributed by atoms with E-state index >= 15 is 0 Å². The number of Topliss-reactive ketones (excluding diaryl/α,β-unsaturated/α-hetero) is 1. The van der Waals surface area contributed by atoms with Gasteiger partial charge in [0.25, 0.3) is 0 Å². The Hall–Kier alpha value is -3.61. The van der Waals surface area contributed by atoms with Crippen molar-refractivity contribution in [3.8, 4) is 17.2 Å². The van der Waals surface area contributed by atoms with E-state index in [9.17, 15) is 4.79 Å². The second kappa shape index (κ2) is 8.80. The first kappa shape index (κ1) is 22.8. The van der Waals surface area contributed by atoms with Crippen LogP contribution in [0.15, 0.2) is 60.7 Å². The largest absolute Gasteiger partial charge is 0.497 e. The Morgan fingerprint density at radius 2 is 1.56 bits per heavy atom. The van der Waals surface area contributed by atoms with Gasteiger partial charge in [0.2, 0.25) is 6.79 Å². The number of morpholine rings is 1. The summed E-state index contributed by atoms with van der Waals surface area (Å²) in [5, 5.41) is 0. The van der Waals surface area contributed by atoms with E-state index < -0.39 is 5.54 Å². The van der Waals surface area contributed by atoms with E-state index in [-0.39, 0.29) is 12.6 Å². The van der Waals surface area contributed by atoms with Crippen molar-refractivity contribution in [2.45, 2.75) is 19.4 Å². The molecule has 36 heavy (non-hydrogen) atoms. The Morgan fingerprint density at radius 1 is 0.917 bits per heavy atom. The van der Waals surface area contributed by atoms with Crippen molar-refractivity contribution in [2.75, 3.05) is 40.2 Å². The third-order valence-electron chi connectivity index (χ3n) is 7.65. The normalized spacial score (nSPS) is 21.0. The van der Waals surface area contributed by atoms with Gasteiger partial charge >= 0.3 is 0 Å². The highest BCUT2D eigenvalue weighted by molar-refractivity contribution is 6.08. The molecule has 3 aromatic carbocycles. The molecule has 6 rings (SSSR count). The smallest absolute Gasteiger partial charge is 0.231 e. The van der Waals surface area contributed by atoms with Crippen molar-refractivity contribution < 1.29 is 23.7 Å². The topological polar surface area (TPSA) is 57.2 Å². The molecule has 1 saturated heterocycles. The molecule has 2 aliphatic heterocycles. The van der Waals surface area contributed by atoms with Gasteiger partial charge in [0.05, 0.1) is 25.9 Å². The van der Waals surface area contributed by atoms with Gasteiger partial charge in [-0.1, -0.05) is 36.4 Å². The van der Waals surface area contributed by atoms with Crippen molar-refractivity contribution >= 4 is 16.9 Å². The average molecular weight is 484 g/mol. The number of carbonyl (C=O) groups excluding carboxylic acids is 1. The third kappa shape index (κ3) is 3.52. The highest BCUT2D eigenvalue weighted by Crippen LogP contribution is 2.57. The van der Waals surface area contributed by atoms with Gasteiger partial charge in [0, 0.05) is 18.7 Å². The predicted molar refractivity (Wildman–Crippen MR) is 138 cm³/mol. The van der Waals surface area contributed by atoms with E-state index in [1.807, 2.05) is 24.3 Å². The van der Waals surface area contributed by atoms with Crippen molar-refractivity contribution in [3.05, 3.63) is 88.5 Å². The molecule has 1 unspecified atom stereocenters. The monoisotopic (exact) mass is 483 g/mol. The first-order valence-corrected chi connectivity index (χ1v) is 12.3. The molecule has 1 aliphatic carbocycles. The molecule has 0 radical (unpaired) electrons. The van der Waals surface area contributed by atoms with Crippen molar-refractivity contribution in [2.24, 2.45) is 0 Å². The van der Waals surface area contributed by atoms with E-state index in [0.717, 1.165) is 52.6 Å². The van der Waals surface area contributed by atoms with Crippen LogP contribution in [0.2, 0.25) is 0 Å². The van der Waals surface area contributed by atoms with Crippen molar-refractivity contribution in [1.29, 1.82) is 0 Å². The second-order valence-corrected chi connectivity index (χ2v) is 9.53. The minimum absolute atomic E-state index is 0.0549. The molecule has 184 valence electrons. The molecule has 0 saturated carbocycles. The molecular weight excluding hydrogens is 454 g/mol. The number of rotatable bonds is 5. The second-order valence-electron chi connectivity index (χ2n) is 9.53. The lowest BCUT2D eigenvalue weighted by Crippen LogP contribution is -2.49. The van der Waals surface area contributed by atoms with Gasteiger partial charge in [-0.15, -0.1) is 0 Å². The highest BCUT2D eigenvalue weighted by atomic mass is 16.7. The summed E-state index contributed by atoms with van der Waals surface area (Å²) >= 11 is 0. The maximum Gasteiger partial charge on any atom is 0.231 e. The van der Waals surface area contributed by atoms with Crippen LogP contribution in [-0.2, 0) is 10.3 Å². The number of fused-ring (bicyclic) bond motifs is 2. The van der Waals surface area contributed by atoms with E-state index in [4.69, 9.17) is 18.9 Å². The number of benzene rings is 3. The summed E-state index contributed by atoms with van der Waals surface area (Å²) in [6, 6.07) is 20.5. The molecule has 2 heterocycles. The minimum atomic E-state index is -0.427. The minimum Gasteiger partial charge on any atom is -0.497 e. The fourth-order valence-corrected chi connectivity index (χ4v) is 5.76. The lowest BCUT2D eigenvalue weighted by atomic mass is 9.81. The Bertz CT molecular complexity index is 1350. The molecule has 0 spiro atoms. The quantitative estimate of drug-likeness (QED) is 0.468. The van der Waals surface area contributed by atoms with Crippen LogP contribution in [0.5, 0.6) is 17.2 Å². The summed E-state index contributed by atoms with van der Waals surface area (Å²) in [7, 11) is 1.68. The first-order chi connectivity index (χ1) is 17.5. The molecule has 6 nitrogen and oxygen atoms in total. The Balaban J connectivity index is 1.65. The molecule has 3 aliphatic rings. The standard InChI is InChI=1S/C30H29NO5/c1-19(32)20-4-6-21(7-5-20)28-24-16-26-27(36-18-35-26)17-25(24)30(2,31-12-14-34-15-13-31)29(28)22-8-10-23(33-3)11-9-22/h4-11,16-17H,12-15,18H2,1-3H3. The van der Waals surface area contributed by atoms with Crippen LogP contribution in [0.3, 0.4) is 0 Å². The third-order valence-corrected chi connectivity index (χ3v) is 7.65. The van der Waals surface area contributed by atoms with Gasteiger partial charge in [0.1, 0.15) is 5.75 Å². The van der Waals surface area contributed by atoms with Crippen LogP contribution >= 0.6 is 0 Å². The van der Waals surface area contributed by atoms with Gasteiger partial charge in [-0.05, 0) is 71.5 Å². The first-order valence-electron chi connectivity index (χ1n) is 12.3. The summed E-state index contributed by atoms with van der Waals surface area (Å²) in [6.07, 6.45) is 0. The lowest BCUT2D eigenvalue weighted by molar-refractivity contribution is 0.00191. The van der Waals surface area contributed by atoms with Crippen LogP contribution in [-0.4, -0.2) is 50.9 Å². The summed E-state index contributed by atoms with van der Waals surface area (Å²) in [6.45, 7) is 7.14. The number of nitrogens with zero attached hydrogens (tertiary/aromatic N) is 1. The van der Waals surface area contributed by atoms with E-state index in [2.05, 4.69) is 48.2 Å². The zero-order chi connectivity index (χ0) is 24.9. The summed E-state index contributed by atoms with van der Waals surface area (Å²) < 4.78 is 22.8. The van der Waals surface area contributed by atoms with Gasteiger partial charge in [-0.25, -0.2) is 0 Å². The number of ether oxygens (including phenoxy) is 4. The summed E-state index contributed by atoms with van der Waals surface area (Å²) in [5.74, 6) is 2.40. The highest BCUT2D eigenvalue weighted by Gasteiger charge is 2.48. The zero-order valence-electron chi connectivity index (χ0n) is 20.8. The van der Waals surface area contributed by atoms with Gasteiger partial charge in [-0.2, -0.15) is 0 Å². The van der Waals surface area contributed by atoms with Crippen LogP contribution in [0.25, 0.3) is 11.1 Å². The fourth-order valence-electron chi connectivity index (χ4n) is 5.76. The van der Waals surface area contributed by atoms with Gasteiger partial charge < -0.3 is 18.9 Å². The molecule has 0 aromatic heterocycles.